The van der Waals surface area contributed by atoms with E-state index < -0.39 is 0 Å². The van der Waals surface area contributed by atoms with Crippen LogP contribution >= 0.6 is 0 Å². The van der Waals surface area contributed by atoms with E-state index in [0.29, 0.717) is 0 Å². The predicted octanol–water partition coefficient (Wildman–Crippen LogP) is 1.96. The van der Waals surface area contributed by atoms with E-state index in [9.17, 15) is 0 Å². The van der Waals surface area contributed by atoms with Crippen molar-refractivity contribution in [3.8, 4) is 0 Å². The van der Waals surface area contributed by atoms with E-state index in [1.165, 1.54) is 0 Å². The molecule has 0 radical (unpaired) electrons. The minimum Gasteiger partial charge on any atom is -0.380 e. The van der Waals surface area contributed by atoms with Gasteiger partial charge in [-0.05, 0) is 25.5 Å². The highest BCUT2D eigenvalue weighted by atomic mass is 16.5. The Hall–Kier alpha value is -1.13. The van der Waals surface area contributed by atoms with Crippen molar-refractivity contribution in [3.63, 3.8) is 0 Å². The summed E-state index contributed by atoms with van der Waals surface area (Å²) >= 11 is 0. The molecule has 1 rings (SSSR count). The zero-order valence-electron chi connectivity index (χ0n) is 11.0. The molecule has 96 valence electrons. The summed E-state index contributed by atoms with van der Waals surface area (Å²) in [4.78, 5) is 6.52. The Morgan fingerprint density at radius 3 is 2.71 bits per heavy atom. The van der Waals surface area contributed by atoms with Gasteiger partial charge in [0.1, 0.15) is 0 Å². The highest BCUT2D eigenvalue weighted by Gasteiger charge is 2.06. The minimum atomic E-state index is 0.0396. The Labute approximate surface area is 104 Å². The average molecular weight is 237 g/mol. The van der Waals surface area contributed by atoms with Crippen molar-refractivity contribution in [1.82, 2.24) is 4.98 Å². The fourth-order valence-corrected chi connectivity index (χ4v) is 1.53. The maximum atomic E-state index is 5.92. The van der Waals surface area contributed by atoms with E-state index >= 15 is 0 Å². The molecule has 4 nitrogen and oxygen atoms in total. The molecule has 1 atom stereocenters. The topological polar surface area (TPSA) is 51.4 Å². The molecular weight excluding hydrogens is 214 g/mol. The molecule has 17 heavy (non-hydrogen) atoms. The summed E-state index contributed by atoms with van der Waals surface area (Å²) in [6.45, 7) is 6.44. The van der Waals surface area contributed by atoms with Gasteiger partial charge >= 0.3 is 0 Å². The molecule has 1 heterocycles. The maximum absolute atomic E-state index is 5.92. The van der Waals surface area contributed by atoms with Crippen LogP contribution < -0.4 is 10.6 Å². The third kappa shape index (κ3) is 4.32. The van der Waals surface area contributed by atoms with Crippen molar-refractivity contribution < 1.29 is 4.74 Å². The maximum Gasteiger partial charge on any atom is 0.0641 e. The summed E-state index contributed by atoms with van der Waals surface area (Å²) in [6.07, 6.45) is 2.78. The molecule has 0 aromatic carbocycles. The van der Waals surface area contributed by atoms with E-state index in [2.05, 4.69) is 22.9 Å². The van der Waals surface area contributed by atoms with Crippen LogP contribution in [0.3, 0.4) is 0 Å². The van der Waals surface area contributed by atoms with Crippen molar-refractivity contribution in [2.45, 2.75) is 26.3 Å². The summed E-state index contributed by atoms with van der Waals surface area (Å²) in [5.41, 5.74) is 7.97. The van der Waals surface area contributed by atoms with Gasteiger partial charge in [0.05, 0.1) is 24.2 Å². The molecule has 0 amide bonds. The highest BCUT2D eigenvalue weighted by Crippen LogP contribution is 2.15. The monoisotopic (exact) mass is 237 g/mol. The standard InChI is InChI=1S/C13H23N3O/c1-4-12(14)13-7-6-11(10-15-13)16(3)8-9-17-5-2/h6-7,10,12H,4-5,8-9,14H2,1-3H3/t12-/m1/s1. The molecule has 4 heteroatoms. The van der Waals surface area contributed by atoms with Crippen LogP contribution in [0.15, 0.2) is 18.3 Å². The Morgan fingerprint density at radius 1 is 1.41 bits per heavy atom. The third-order valence-corrected chi connectivity index (χ3v) is 2.81. The van der Waals surface area contributed by atoms with Gasteiger partial charge in [0.2, 0.25) is 0 Å². The fourth-order valence-electron chi connectivity index (χ4n) is 1.53. The largest absolute Gasteiger partial charge is 0.380 e. The first kappa shape index (κ1) is 13.9. The molecule has 1 aromatic rings. The van der Waals surface area contributed by atoms with Crippen LogP contribution in [0.4, 0.5) is 5.69 Å². The molecule has 0 aliphatic carbocycles. The van der Waals surface area contributed by atoms with Gasteiger partial charge in [0, 0.05) is 26.2 Å². The number of aromatic nitrogens is 1. The molecule has 0 saturated heterocycles. The van der Waals surface area contributed by atoms with Gasteiger partial charge in [-0.25, -0.2) is 0 Å². The van der Waals surface area contributed by atoms with Crippen molar-refractivity contribution >= 4 is 5.69 Å². The summed E-state index contributed by atoms with van der Waals surface area (Å²) in [7, 11) is 2.04. The van der Waals surface area contributed by atoms with Crippen molar-refractivity contribution in [3.05, 3.63) is 24.0 Å². The number of hydrogen-bond donors (Lipinski definition) is 1. The second-order valence-corrected chi connectivity index (χ2v) is 4.07. The van der Waals surface area contributed by atoms with E-state index in [0.717, 1.165) is 37.6 Å². The van der Waals surface area contributed by atoms with Crippen LogP contribution in [0, 0.1) is 0 Å². The Balaban J connectivity index is 2.54. The second kappa shape index (κ2) is 7.25. The van der Waals surface area contributed by atoms with E-state index in [1.807, 2.05) is 26.2 Å². The van der Waals surface area contributed by atoms with Gasteiger partial charge in [-0.3, -0.25) is 4.98 Å². The number of rotatable bonds is 7. The number of pyridine rings is 1. The van der Waals surface area contributed by atoms with Crippen LogP contribution in [0.5, 0.6) is 0 Å². The van der Waals surface area contributed by atoms with Gasteiger partial charge in [-0.2, -0.15) is 0 Å². The van der Waals surface area contributed by atoms with Crippen LogP contribution in [0.2, 0.25) is 0 Å². The molecule has 0 unspecified atom stereocenters. The third-order valence-electron chi connectivity index (χ3n) is 2.81. The molecule has 0 saturated carbocycles. The first-order valence-corrected chi connectivity index (χ1v) is 6.19. The second-order valence-electron chi connectivity index (χ2n) is 4.07. The van der Waals surface area contributed by atoms with E-state index in [4.69, 9.17) is 10.5 Å². The van der Waals surface area contributed by atoms with E-state index in [-0.39, 0.29) is 6.04 Å². The lowest BCUT2D eigenvalue weighted by atomic mass is 10.1. The first-order chi connectivity index (χ1) is 8.19. The molecule has 0 aliphatic heterocycles. The van der Waals surface area contributed by atoms with Crippen molar-refractivity contribution in [2.75, 3.05) is 31.7 Å². The molecular formula is C13H23N3O. The van der Waals surface area contributed by atoms with Crippen molar-refractivity contribution in [2.24, 2.45) is 5.73 Å². The normalized spacial score (nSPS) is 12.5. The SMILES string of the molecule is CCOCCN(C)c1ccc([C@H](N)CC)nc1. The van der Waals surface area contributed by atoms with Gasteiger partial charge in [0.15, 0.2) is 0 Å². The van der Waals surface area contributed by atoms with Gasteiger partial charge < -0.3 is 15.4 Å². The van der Waals surface area contributed by atoms with Crippen LogP contribution in [0.1, 0.15) is 32.0 Å². The zero-order valence-corrected chi connectivity index (χ0v) is 11.0. The molecule has 2 N–H and O–H groups in total. The molecule has 0 fully saturated rings. The number of hydrogen-bond acceptors (Lipinski definition) is 4. The number of anilines is 1. The van der Waals surface area contributed by atoms with Crippen LogP contribution in [-0.4, -0.2) is 31.8 Å². The number of likely N-dealkylation sites (N-methyl/N-ethyl adjacent to an activating group) is 1. The molecule has 0 spiro atoms. The molecule has 0 aliphatic rings. The Kier molecular flexibility index (Phi) is 5.94. The summed E-state index contributed by atoms with van der Waals surface area (Å²) < 4.78 is 5.32. The number of nitrogens with zero attached hydrogens (tertiary/aromatic N) is 2. The van der Waals surface area contributed by atoms with E-state index in [1.54, 1.807) is 0 Å². The molecule has 0 bridgehead atoms. The van der Waals surface area contributed by atoms with Gasteiger partial charge in [-0.15, -0.1) is 0 Å². The summed E-state index contributed by atoms with van der Waals surface area (Å²) in [6, 6.07) is 4.10. The van der Waals surface area contributed by atoms with Gasteiger partial charge in [0.25, 0.3) is 0 Å². The first-order valence-electron chi connectivity index (χ1n) is 6.19. The van der Waals surface area contributed by atoms with Crippen LogP contribution in [-0.2, 0) is 4.74 Å². The lowest BCUT2D eigenvalue weighted by Gasteiger charge is -2.19. The predicted molar refractivity (Wildman–Crippen MR) is 71.2 cm³/mol. The Bertz CT molecular complexity index is 313. The van der Waals surface area contributed by atoms with Crippen molar-refractivity contribution in [1.29, 1.82) is 0 Å². The average Bonchev–Trinajstić information content (AvgIpc) is 2.38. The highest BCUT2D eigenvalue weighted by molar-refractivity contribution is 5.43. The lowest BCUT2D eigenvalue weighted by Crippen LogP contribution is -2.23. The quantitative estimate of drug-likeness (QED) is 0.737. The smallest absolute Gasteiger partial charge is 0.0641 e. The lowest BCUT2D eigenvalue weighted by molar-refractivity contribution is 0.154. The fraction of sp³-hybridized carbons (Fsp3) is 0.615. The minimum absolute atomic E-state index is 0.0396. The van der Waals surface area contributed by atoms with Crippen LogP contribution in [0.25, 0.3) is 0 Å². The number of ether oxygens (including phenoxy) is 1. The number of nitrogens with two attached hydrogens (primary N) is 1. The summed E-state index contributed by atoms with van der Waals surface area (Å²) in [5.74, 6) is 0. The molecule has 1 aromatic heterocycles. The zero-order chi connectivity index (χ0) is 12.7. The Morgan fingerprint density at radius 2 is 2.18 bits per heavy atom. The summed E-state index contributed by atoms with van der Waals surface area (Å²) in [5, 5.41) is 0. The van der Waals surface area contributed by atoms with Gasteiger partial charge in [-0.1, -0.05) is 6.92 Å².